The van der Waals surface area contributed by atoms with Crippen LogP contribution in [0.4, 0.5) is 0 Å². The first kappa shape index (κ1) is 9.96. The van der Waals surface area contributed by atoms with E-state index >= 15 is 0 Å². The predicted octanol–water partition coefficient (Wildman–Crippen LogP) is 0.478. The van der Waals surface area contributed by atoms with Crippen LogP contribution in [-0.2, 0) is 4.74 Å². The van der Waals surface area contributed by atoms with Gasteiger partial charge in [-0.25, -0.2) is 0 Å². The van der Waals surface area contributed by atoms with E-state index in [-0.39, 0.29) is 12.7 Å². The number of hydrogen-bond acceptors (Lipinski definition) is 3. The zero-order valence-corrected chi connectivity index (χ0v) is 7.99. The third kappa shape index (κ3) is 2.73. The van der Waals surface area contributed by atoms with Gasteiger partial charge in [-0.15, -0.1) is 0 Å². The highest BCUT2D eigenvalue weighted by Crippen LogP contribution is 2.08. The minimum absolute atomic E-state index is 0.0637. The smallest absolute Gasteiger partial charge is 0.0818 e. The topological polar surface area (TPSA) is 32.7 Å². The molecule has 1 aliphatic rings. The normalized spacial score (nSPS) is 27.5. The first-order chi connectivity index (χ1) is 5.74. The maximum Gasteiger partial charge on any atom is 0.0818 e. The van der Waals surface area contributed by atoms with Gasteiger partial charge in [0.25, 0.3) is 0 Å². The van der Waals surface area contributed by atoms with Crippen LogP contribution >= 0.6 is 0 Å². The maximum absolute atomic E-state index is 8.90. The van der Waals surface area contributed by atoms with E-state index < -0.39 is 0 Å². The van der Waals surface area contributed by atoms with E-state index in [0.717, 1.165) is 26.1 Å². The molecule has 1 saturated heterocycles. The lowest BCUT2D eigenvalue weighted by Crippen LogP contribution is -2.33. The van der Waals surface area contributed by atoms with E-state index in [1.807, 2.05) is 0 Å². The van der Waals surface area contributed by atoms with Gasteiger partial charge < -0.3 is 9.84 Å². The van der Waals surface area contributed by atoms with E-state index in [4.69, 9.17) is 9.84 Å². The second kappa shape index (κ2) is 4.80. The molecule has 1 fully saturated rings. The summed E-state index contributed by atoms with van der Waals surface area (Å²) in [4.78, 5) is 2.38. The molecule has 0 aliphatic carbocycles. The Hall–Kier alpha value is -0.120. The van der Waals surface area contributed by atoms with E-state index in [0.29, 0.717) is 6.04 Å². The number of aliphatic hydroxyl groups is 1. The third-order valence-corrected chi connectivity index (χ3v) is 2.40. The monoisotopic (exact) mass is 173 g/mol. The van der Waals surface area contributed by atoms with Crippen molar-refractivity contribution in [2.45, 2.75) is 32.4 Å². The van der Waals surface area contributed by atoms with Crippen molar-refractivity contribution in [3.05, 3.63) is 0 Å². The fourth-order valence-corrected chi connectivity index (χ4v) is 1.50. The Morgan fingerprint density at radius 1 is 1.50 bits per heavy atom. The van der Waals surface area contributed by atoms with Gasteiger partial charge >= 0.3 is 0 Å². The van der Waals surface area contributed by atoms with Gasteiger partial charge in [0.15, 0.2) is 0 Å². The van der Waals surface area contributed by atoms with Crippen molar-refractivity contribution in [2.24, 2.45) is 0 Å². The predicted molar refractivity (Wildman–Crippen MR) is 48.2 cm³/mol. The van der Waals surface area contributed by atoms with Crippen molar-refractivity contribution in [3.63, 3.8) is 0 Å². The molecule has 1 N–H and O–H groups in total. The summed E-state index contributed by atoms with van der Waals surface area (Å²) in [5.74, 6) is 0. The van der Waals surface area contributed by atoms with Gasteiger partial charge in [0.1, 0.15) is 0 Å². The van der Waals surface area contributed by atoms with Crippen LogP contribution in [0.15, 0.2) is 0 Å². The maximum atomic E-state index is 8.90. The molecule has 3 nitrogen and oxygen atoms in total. The fraction of sp³-hybridized carbons (Fsp3) is 1.00. The van der Waals surface area contributed by atoms with Gasteiger partial charge in [-0.05, 0) is 20.3 Å². The second-order valence-corrected chi connectivity index (χ2v) is 3.59. The van der Waals surface area contributed by atoms with Crippen LogP contribution in [-0.4, -0.2) is 48.5 Å². The van der Waals surface area contributed by atoms with E-state index in [1.54, 1.807) is 0 Å². The highest BCUT2D eigenvalue weighted by molar-refractivity contribution is 4.69. The molecule has 1 atom stereocenters. The van der Waals surface area contributed by atoms with Crippen molar-refractivity contribution < 1.29 is 9.84 Å². The molecular weight excluding hydrogens is 154 g/mol. The third-order valence-electron chi connectivity index (χ3n) is 2.40. The number of aliphatic hydroxyl groups excluding tert-OH is 1. The molecule has 0 aromatic carbocycles. The fourth-order valence-electron chi connectivity index (χ4n) is 1.50. The Morgan fingerprint density at radius 3 is 2.83 bits per heavy atom. The van der Waals surface area contributed by atoms with Crippen molar-refractivity contribution >= 4 is 0 Å². The van der Waals surface area contributed by atoms with Crippen LogP contribution < -0.4 is 0 Å². The lowest BCUT2D eigenvalue weighted by Gasteiger charge is -2.23. The minimum Gasteiger partial charge on any atom is -0.394 e. The summed E-state index contributed by atoms with van der Waals surface area (Å²) in [6.07, 6.45) is 1.02. The van der Waals surface area contributed by atoms with Gasteiger partial charge in [0.2, 0.25) is 0 Å². The number of rotatable bonds is 2. The Balaban J connectivity index is 2.34. The molecule has 1 heterocycles. The first-order valence-corrected chi connectivity index (χ1v) is 4.70. The van der Waals surface area contributed by atoms with Gasteiger partial charge in [0.05, 0.1) is 19.3 Å². The SMILES string of the molecule is CC(C)N1CCOC(CO)CC1. The summed E-state index contributed by atoms with van der Waals surface area (Å²) in [6, 6.07) is 0.589. The largest absolute Gasteiger partial charge is 0.394 e. The second-order valence-electron chi connectivity index (χ2n) is 3.59. The van der Waals surface area contributed by atoms with Crippen molar-refractivity contribution in [2.75, 3.05) is 26.3 Å². The molecule has 0 amide bonds. The molecule has 1 unspecified atom stereocenters. The number of nitrogens with zero attached hydrogens (tertiary/aromatic N) is 1. The van der Waals surface area contributed by atoms with E-state index in [1.165, 1.54) is 0 Å². The Morgan fingerprint density at radius 2 is 2.25 bits per heavy atom. The standard InChI is InChI=1S/C9H19NO2/c1-8(2)10-4-3-9(7-11)12-6-5-10/h8-9,11H,3-7H2,1-2H3. The highest BCUT2D eigenvalue weighted by atomic mass is 16.5. The van der Waals surface area contributed by atoms with Crippen LogP contribution in [0.1, 0.15) is 20.3 Å². The minimum atomic E-state index is 0.0637. The van der Waals surface area contributed by atoms with Crippen molar-refractivity contribution in [1.82, 2.24) is 4.90 Å². The summed E-state index contributed by atoms with van der Waals surface area (Å²) < 4.78 is 5.44. The molecule has 72 valence electrons. The summed E-state index contributed by atoms with van der Waals surface area (Å²) in [6.45, 7) is 7.34. The molecular formula is C9H19NO2. The summed E-state index contributed by atoms with van der Waals surface area (Å²) in [5, 5.41) is 8.90. The van der Waals surface area contributed by atoms with E-state index in [9.17, 15) is 0 Å². The molecule has 0 bridgehead atoms. The zero-order valence-electron chi connectivity index (χ0n) is 7.99. The highest BCUT2D eigenvalue weighted by Gasteiger charge is 2.17. The van der Waals surface area contributed by atoms with Gasteiger partial charge in [-0.2, -0.15) is 0 Å². The van der Waals surface area contributed by atoms with Crippen LogP contribution in [0.25, 0.3) is 0 Å². The number of hydrogen-bond donors (Lipinski definition) is 1. The van der Waals surface area contributed by atoms with Gasteiger partial charge in [-0.3, -0.25) is 4.90 Å². The lowest BCUT2D eigenvalue weighted by molar-refractivity contribution is 0.0206. The van der Waals surface area contributed by atoms with Crippen LogP contribution in [0.5, 0.6) is 0 Å². The van der Waals surface area contributed by atoms with Crippen molar-refractivity contribution in [3.8, 4) is 0 Å². The Labute approximate surface area is 74.3 Å². The number of ether oxygens (including phenoxy) is 1. The first-order valence-electron chi connectivity index (χ1n) is 4.70. The molecule has 0 aromatic rings. The van der Waals surface area contributed by atoms with Crippen molar-refractivity contribution in [1.29, 1.82) is 0 Å². The van der Waals surface area contributed by atoms with E-state index in [2.05, 4.69) is 18.7 Å². The molecule has 0 aromatic heterocycles. The lowest BCUT2D eigenvalue weighted by atomic mass is 10.2. The summed E-state index contributed by atoms with van der Waals surface area (Å²) >= 11 is 0. The molecule has 1 aliphatic heterocycles. The van der Waals surface area contributed by atoms with Gasteiger partial charge in [0, 0.05) is 19.1 Å². The Bertz CT molecular complexity index is 128. The van der Waals surface area contributed by atoms with Crippen LogP contribution in [0.3, 0.4) is 0 Å². The zero-order chi connectivity index (χ0) is 8.97. The Kier molecular flexibility index (Phi) is 3.98. The molecule has 12 heavy (non-hydrogen) atoms. The molecule has 0 spiro atoms. The average molecular weight is 173 g/mol. The van der Waals surface area contributed by atoms with Gasteiger partial charge in [-0.1, -0.05) is 0 Å². The summed E-state index contributed by atoms with van der Waals surface area (Å²) in [7, 11) is 0. The molecule has 3 heteroatoms. The quantitative estimate of drug-likeness (QED) is 0.659. The van der Waals surface area contributed by atoms with Crippen LogP contribution in [0, 0.1) is 0 Å². The molecule has 0 saturated carbocycles. The molecule has 0 radical (unpaired) electrons. The average Bonchev–Trinajstić information content (AvgIpc) is 2.28. The molecule has 1 rings (SSSR count). The van der Waals surface area contributed by atoms with Crippen LogP contribution in [0.2, 0.25) is 0 Å². The summed E-state index contributed by atoms with van der Waals surface area (Å²) in [5.41, 5.74) is 0.